The van der Waals surface area contributed by atoms with E-state index in [4.69, 9.17) is 0 Å². The van der Waals surface area contributed by atoms with E-state index in [0.717, 1.165) is 30.8 Å². The van der Waals surface area contributed by atoms with Crippen LogP contribution in [-0.2, 0) is 23.1 Å². The molecule has 0 radical (unpaired) electrons. The van der Waals surface area contributed by atoms with Gasteiger partial charge in [0, 0.05) is 18.7 Å². The standard InChI is InChI=1S/C18H17F3N4O2S/c1-3-28(26,27)14-7-6-11(10-4-5-10)23-16(14)17-24-12-8-15(18(19,20)21)22-9-13(12)25(17)2/h6-10H,3-5H2,1-2H3. The lowest BCUT2D eigenvalue weighted by Crippen LogP contribution is -2.09. The Bertz CT molecular complexity index is 1180. The fourth-order valence-electron chi connectivity index (χ4n) is 3.09. The van der Waals surface area contributed by atoms with Crippen LogP contribution in [0.2, 0.25) is 0 Å². The largest absolute Gasteiger partial charge is 0.433 e. The van der Waals surface area contributed by atoms with Crippen molar-refractivity contribution in [2.75, 3.05) is 5.75 Å². The molecule has 0 aliphatic heterocycles. The summed E-state index contributed by atoms with van der Waals surface area (Å²) in [5, 5.41) is 0. The number of sulfone groups is 1. The Hall–Kier alpha value is -2.49. The summed E-state index contributed by atoms with van der Waals surface area (Å²) in [6.07, 6.45) is -1.54. The van der Waals surface area contributed by atoms with Crippen LogP contribution in [0.4, 0.5) is 13.2 Å². The smallest absolute Gasteiger partial charge is 0.324 e. The van der Waals surface area contributed by atoms with Gasteiger partial charge in [0.1, 0.15) is 11.4 Å². The topological polar surface area (TPSA) is 77.7 Å². The maximum absolute atomic E-state index is 13.0. The number of rotatable bonds is 4. The Balaban J connectivity index is 1.96. The zero-order valence-corrected chi connectivity index (χ0v) is 16.0. The Morgan fingerprint density at radius 3 is 2.54 bits per heavy atom. The van der Waals surface area contributed by atoms with Crippen LogP contribution in [-0.4, -0.2) is 33.7 Å². The van der Waals surface area contributed by atoms with Crippen LogP contribution in [0.25, 0.3) is 22.6 Å². The second kappa shape index (κ2) is 6.26. The second-order valence-electron chi connectivity index (χ2n) is 6.81. The number of halogens is 3. The summed E-state index contributed by atoms with van der Waals surface area (Å²) in [4.78, 5) is 12.3. The number of alkyl halides is 3. The maximum atomic E-state index is 13.0. The van der Waals surface area contributed by atoms with Crippen molar-refractivity contribution in [3.05, 3.63) is 35.8 Å². The zero-order chi connectivity index (χ0) is 20.3. The quantitative estimate of drug-likeness (QED) is 0.655. The maximum Gasteiger partial charge on any atom is 0.433 e. The van der Waals surface area contributed by atoms with Gasteiger partial charge in [-0.2, -0.15) is 13.2 Å². The summed E-state index contributed by atoms with van der Waals surface area (Å²) in [7, 11) is -1.99. The Labute approximate surface area is 159 Å². The van der Waals surface area contributed by atoms with E-state index >= 15 is 0 Å². The molecule has 3 aromatic heterocycles. The predicted molar refractivity (Wildman–Crippen MR) is 96.4 cm³/mol. The first-order chi connectivity index (χ1) is 13.1. The highest BCUT2D eigenvalue weighted by Crippen LogP contribution is 2.41. The van der Waals surface area contributed by atoms with Gasteiger partial charge in [0.2, 0.25) is 0 Å². The van der Waals surface area contributed by atoms with Gasteiger partial charge in [-0.15, -0.1) is 0 Å². The monoisotopic (exact) mass is 410 g/mol. The van der Waals surface area contributed by atoms with Crippen molar-refractivity contribution in [2.45, 2.75) is 36.8 Å². The molecule has 1 saturated carbocycles. The van der Waals surface area contributed by atoms with Crippen molar-refractivity contribution >= 4 is 20.9 Å². The molecule has 1 aliphatic rings. The molecule has 10 heteroatoms. The van der Waals surface area contributed by atoms with Gasteiger partial charge >= 0.3 is 6.18 Å². The number of hydrogen-bond donors (Lipinski definition) is 0. The highest BCUT2D eigenvalue weighted by Gasteiger charge is 2.34. The number of fused-ring (bicyclic) bond motifs is 1. The highest BCUT2D eigenvalue weighted by atomic mass is 32.2. The number of aromatic nitrogens is 4. The van der Waals surface area contributed by atoms with Gasteiger partial charge in [0.15, 0.2) is 15.7 Å². The molecule has 0 saturated heterocycles. The minimum atomic E-state index is -4.59. The minimum absolute atomic E-state index is 0.0295. The molecular weight excluding hydrogens is 393 g/mol. The van der Waals surface area contributed by atoms with Crippen molar-refractivity contribution in [1.82, 2.24) is 19.5 Å². The predicted octanol–water partition coefficient (Wildman–Crippen LogP) is 3.72. The van der Waals surface area contributed by atoms with Gasteiger partial charge < -0.3 is 4.57 Å². The average molecular weight is 410 g/mol. The first kappa shape index (κ1) is 18.9. The third kappa shape index (κ3) is 3.15. The molecule has 0 atom stereocenters. The average Bonchev–Trinajstić information content (AvgIpc) is 3.44. The molecule has 148 valence electrons. The van der Waals surface area contributed by atoms with Crippen molar-refractivity contribution in [3.63, 3.8) is 0 Å². The third-order valence-electron chi connectivity index (χ3n) is 4.86. The molecule has 28 heavy (non-hydrogen) atoms. The molecule has 0 unspecified atom stereocenters. The summed E-state index contributed by atoms with van der Waals surface area (Å²) in [5.74, 6) is 0.365. The number of hydrogen-bond acceptors (Lipinski definition) is 5. The molecule has 0 N–H and O–H groups in total. The van der Waals surface area contributed by atoms with E-state index in [1.807, 2.05) is 0 Å². The number of aryl methyl sites for hydroxylation is 1. The first-order valence-electron chi connectivity index (χ1n) is 8.75. The van der Waals surface area contributed by atoms with Crippen LogP contribution in [0.1, 0.15) is 37.1 Å². The SMILES string of the molecule is CCS(=O)(=O)c1ccc(C2CC2)nc1-c1nc2cc(C(F)(F)F)ncc2n1C. The lowest BCUT2D eigenvalue weighted by atomic mass is 10.2. The normalized spacial score (nSPS) is 15.3. The van der Waals surface area contributed by atoms with Gasteiger partial charge in [0.25, 0.3) is 0 Å². The third-order valence-corrected chi connectivity index (χ3v) is 6.62. The van der Waals surface area contributed by atoms with E-state index < -0.39 is 21.7 Å². The number of nitrogens with zero attached hydrogens (tertiary/aromatic N) is 4. The molecule has 3 heterocycles. The Morgan fingerprint density at radius 2 is 1.93 bits per heavy atom. The van der Waals surface area contributed by atoms with Gasteiger partial charge in [-0.05, 0) is 31.0 Å². The molecule has 1 aliphatic carbocycles. The first-order valence-corrected chi connectivity index (χ1v) is 10.4. The Morgan fingerprint density at radius 1 is 1.21 bits per heavy atom. The Kier molecular flexibility index (Phi) is 4.22. The lowest BCUT2D eigenvalue weighted by Gasteiger charge is -2.10. The fraction of sp³-hybridized carbons (Fsp3) is 0.389. The minimum Gasteiger partial charge on any atom is -0.324 e. The molecule has 0 aromatic carbocycles. The molecule has 1 fully saturated rings. The van der Waals surface area contributed by atoms with Gasteiger partial charge in [0.05, 0.1) is 27.9 Å². The molecule has 4 rings (SSSR count). The van der Waals surface area contributed by atoms with Crippen LogP contribution >= 0.6 is 0 Å². The van der Waals surface area contributed by atoms with Crippen molar-refractivity contribution in [2.24, 2.45) is 7.05 Å². The van der Waals surface area contributed by atoms with Crippen LogP contribution in [0.5, 0.6) is 0 Å². The van der Waals surface area contributed by atoms with Crippen LogP contribution in [0.3, 0.4) is 0 Å². The molecular formula is C18H17F3N4O2S. The summed E-state index contributed by atoms with van der Waals surface area (Å²) < 4.78 is 65.6. The van der Waals surface area contributed by atoms with Gasteiger partial charge in [-0.1, -0.05) is 6.92 Å². The van der Waals surface area contributed by atoms with E-state index in [1.54, 1.807) is 13.1 Å². The van der Waals surface area contributed by atoms with Crippen molar-refractivity contribution in [1.29, 1.82) is 0 Å². The van der Waals surface area contributed by atoms with E-state index in [2.05, 4.69) is 15.0 Å². The van der Waals surface area contributed by atoms with Crippen molar-refractivity contribution in [3.8, 4) is 11.5 Å². The van der Waals surface area contributed by atoms with Crippen LogP contribution < -0.4 is 0 Å². The summed E-state index contributed by atoms with van der Waals surface area (Å²) in [6, 6.07) is 4.08. The molecule has 0 bridgehead atoms. The van der Waals surface area contributed by atoms with E-state index in [9.17, 15) is 21.6 Å². The van der Waals surface area contributed by atoms with Crippen LogP contribution in [0, 0.1) is 0 Å². The second-order valence-corrected chi connectivity index (χ2v) is 9.06. The van der Waals surface area contributed by atoms with E-state index in [-0.39, 0.29) is 33.6 Å². The summed E-state index contributed by atoms with van der Waals surface area (Å²) >= 11 is 0. The highest BCUT2D eigenvalue weighted by molar-refractivity contribution is 7.91. The van der Waals surface area contributed by atoms with Crippen molar-refractivity contribution < 1.29 is 21.6 Å². The summed E-state index contributed by atoms with van der Waals surface area (Å²) in [5.41, 5.74) is 0.329. The molecule has 0 amide bonds. The number of imidazole rings is 1. The number of pyridine rings is 2. The summed E-state index contributed by atoms with van der Waals surface area (Å²) in [6.45, 7) is 1.53. The molecule has 3 aromatic rings. The van der Waals surface area contributed by atoms with E-state index in [0.29, 0.717) is 5.52 Å². The van der Waals surface area contributed by atoms with E-state index in [1.165, 1.54) is 17.6 Å². The zero-order valence-electron chi connectivity index (χ0n) is 15.2. The van der Waals surface area contributed by atoms with Gasteiger partial charge in [-0.25, -0.2) is 23.4 Å². The van der Waals surface area contributed by atoms with Gasteiger partial charge in [-0.3, -0.25) is 0 Å². The van der Waals surface area contributed by atoms with Crippen LogP contribution in [0.15, 0.2) is 29.3 Å². The fourth-order valence-corrected chi connectivity index (χ4v) is 4.11. The molecule has 0 spiro atoms. The molecule has 6 nitrogen and oxygen atoms in total. The lowest BCUT2D eigenvalue weighted by molar-refractivity contribution is -0.141.